The Labute approximate surface area is 68.0 Å². The maximum Gasteiger partial charge on any atom is 0.173 e. The molecule has 0 saturated heterocycles. The number of methoxy groups -OCH3 is 2. The molecule has 1 atom stereocenters. The van der Waals surface area contributed by atoms with E-state index in [0.717, 1.165) is 12.8 Å². The van der Waals surface area contributed by atoms with Gasteiger partial charge >= 0.3 is 0 Å². The molecule has 0 heterocycles. The van der Waals surface area contributed by atoms with Crippen molar-refractivity contribution in [1.82, 2.24) is 5.43 Å². The van der Waals surface area contributed by atoms with Gasteiger partial charge in [-0.25, -0.2) is 0 Å². The number of hydrogen-bond acceptors (Lipinski definition) is 4. The van der Waals surface area contributed by atoms with Crippen LogP contribution in [-0.2, 0) is 9.47 Å². The molecular weight excluding hydrogens is 144 g/mol. The third-order valence-corrected chi connectivity index (χ3v) is 1.61. The minimum atomic E-state index is -0.250. The van der Waals surface area contributed by atoms with Crippen LogP contribution in [0.2, 0.25) is 0 Å². The monoisotopic (exact) mass is 162 g/mol. The molecule has 0 spiro atoms. The average Bonchev–Trinajstić information content (AvgIpc) is 2.05. The van der Waals surface area contributed by atoms with Crippen LogP contribution in [0, 0.1) is 0 Å². The van der Waals surface area contributed by atoms with Crippen LogP contribution in [0.3, 0.4) is 0 Å². The lowest BCUT2D eigenvalue weighted by Gasteiger charge is -2.23. The average molecular weight is 162 g/mol. The largest absolute Gasteiger partial charge is 0.354 e. The van der Waals surface area contributed by atoms with Gasteiger partial charge in [-0.3, -0.25) is 11.3 Å². The molecule has 4 heteroatoms. The molecule has 1 unspecified atom stereocenters. The molecule has 0 aliphatic carbocycles. The Hall–Kier alpha value is -0.160. The molecule has 0 bridgehead atoms. The summed E-state index contributed by atoms with van der Waals surface area (Å²) in [4.78, 5) is 0. The highest BCUT2D eigenvalue weighted by atomic mass is 16.7. The zero-order chi connectivity index (χ0) is 8.69. The van der Waals surface area contributed by atoms with Crippen molar-refractivity contribution < 1.29 is 9.47 Å². The Morgan fingerprint density at radius 1 is 1.36 bits per heavy atom. The summed E-state index contributed by atoms with van der Waals surface area (Å²) >= 11 is 0. The van der Waals surface area contributed by atoms with Gasteiger partial charge in [0.15, 0.2) is 6.29 Å². The molecule has 0 fully saturated rings. The van der Waals surface area contributed by atoms with Crippen LogP contribution in [0.15, 0.2) is 0 Å². The normalized spacial score (nSPS) is 13.9. The first kappa shape index (κ1) is 10.8. The molecule has 0 saturated carbocycles. The number of nitrogens with one attached hydrogen (secondary N) is 1. The molecule has 0 radical (unpaired) electrons. The second-order valence-corrected chi connectivity index (χ2v) is 2.40. The van der Waals surface area contributed by atoms with Crippen molar-refractivity contribution in [2.75, 3.05) is 14.2 Å². The van der Waals surface area contributed by atoms with Crippen molar-refractivity contribution in [2.24, 2.45) is 5.84 Å². The summed E-state index contributed by atoms with van der Waals surface area (Å²) in [5.74, 6) is 5.30. The second-order valence-electron chi connectivity index (χ2n) is 2.40. The van der Waals surface area contributed by atoms with Crippen LogP contribution in [0.4, 0.5) is 0 Å². The summed E-state index contributed by atoms with van der Waals surface area (Å²) in [7, 11) is 3.21. The lowest BCUT2D eigenvalue weighted by atomic mass is 10.2. The highest BCUT2D eigenvalue weighted by Gasteiger charge is 2.17. The molecule has 68 valence electrons. The van der Waals surface area contributed by atoms with Crippen LogP contribution >= 0.6 is 0 Å². The van der Waals surface area contributed by atoms with Gasteiger partial charge in [0.05, 0.1) is 6.04 Å². The zero-order valence-electron chi connectivity index (χ0n) is 7.46. The van der Waals surface area contributed by atoms with Crippen LogP contribution < -0.4 is 11.3 Å². The van der Waals surface area contributed by atoms with E-state index >= 15 is 0 Å². The first-order chi connectivity index (χ1) is 5.29. The highest BCUT2D eigenvalue weighted by Crippen LogP contribution is 2.04. The molecule has 0 aliphatic rings. The van der Waals surface area contributed by atoms with Crippen LogP contribution in [0.5, 0.6) is 0 Å². The summed E-state index contributed by atoms with van der Waals surface area (Å²) in [5, 5.41) is 0. The number of nitrogens with two attached hydrogens (primary N) is 1. The minimum absolute atomic E-state index is 0.0787. The minimum Gasteiger partial charge on any atom is -0.354 e. The van der Waals surface area contributed by atoms with E-state index in [-0.39, 0.29) is 12.3 Å². The molecule has 3 N–H and O–H groups in total. The predicted molar refractivity (Wildman–Crippen MR) is 43.8 cm³/mol. The molecule has 0 aromatic heterocycles. The standard InChI is InChI=1S/C7H18N2O2/c1-4-5-6(9-8)7(10-2)11-3/h6-7,9H,4-5,8H2,1-3H3. The first-order valence-electron chi connectivity index (χ1n) is 3.81. The number of ether oxygens (including phenoxy) is 2. The zero-order valence-corrected chi connectivity index (χ0v) is 7.46. The molecule has 4 nitrogen and oxygen atoms in total. The van der Waals surface area contributed by atoms with E-state index in [1.807, 2.05) is 0 Å². The molecule has 0 aromatic rings. The van der Waals surface area contributed by atoms with Gasteiger partial charge in [0.2, 0.25) is 0 Å². The van der Waals surface area contributed by atoms with Crippen molar-refractivity contribution in [3.05, 3.63) is 0 Å². The Bertz CT molecular complexity index is 86.5. The predicted octanol–water partition coefficient (Wildman–Crippen LogP) is 0.237. The van der Waals surface area contributed by atoms with Crippen molar-refractivity contribution in [3.63, 3.8) is 0 Å². The van der Waals surface area contributed by atoms with E-state index < -0.39 is 0 Å². The van der Waals surface area contributed by atoms with E-state index in [9.17, 15) is 0 Å². The highest BCUT2D eigenvalue weighted by molar-refractivity contribution is 4.66. The summed E-state index contributed by atoms with van der Waals surface area (Å²) in [6, 6.07) is 0.0787. The van der Waals surface area contributed by atoms with Gasteiger partial charge in [-0.1, -0.05) is 13.3 Å². The first-order valence-corrected chi connectivity index (χ1v) is 3.81. The van der Waals surface area contributed by atoms with E-state index in [1.54, 1.807) is 14.2 Å². The van der Waals surface area contributed by atoms with Crippen LogP contribution in [0.25, 0.3) is 0 Å². The van der Waals surface area contributed by atoms with E-state index in [1.165, 1.54) is 0 Å². The van der Waals surface area contributed by atoms with Crippen LogP contribution in [-0.4, -0.2) is 26.6 Å². The number of rotatable bonds is 6. The van der Waals surface area contributed by atoms with Gasteiger partial charge in [0.1, 0.15) is 0 Å². The quantitative estimate of drug-likeness (QED) is 0.333. The molecule has 0 aliphatic heterocycles. The Kier molecular flexibility index (Phi) is 6.45. The summed E-state index contributed by atoms with van der Waals surface area (Å²) < 4.78 is 10.1. The fraction of sp³-hybridized carbons (Fsp3) is 1.00. The van der Waals surface area contributed by atoms with Crippen LogP contribution in [0.1, 0.15) is 19.8 Å². The maximum atomic E-state index is 5.30. The number of hydrogen-bond donors (Lipinski definition) is 2. The summed E-state index contributed by atoms with van der Waals surface area (Å²) in [6.45, 7) is 2.09. The molecule has 0 aromatic carbocycles. The molecule has 11 heavy (non-hydrogen) atoms. The smallest absolute Gasteiger partial charge is 0.173 e. The van der Waals surface area contributed by atoms with Gasteiger partial charge < -0.3 is 9.47 Å². The molecule has 0 amide bonds. The molecule has 0 rings (SSSR count). The lowest BCUT2D eigenvalue weighted by Crippen LogP contribution is -2.45. The van der Waals surface area contributed by atoms with Crippen molar-refractivity contribution in [3.8, 4) is 0 Å². The number of hydrazine groups is 1. The van der Waals surface area contributed by atoms with Crippen molar-refractivity contribution >= 4 is 0 Å². The SMILES string of the molecule is CCCC(NN)C(OC)OC. The van der Waals surface area contributed by atoms with Gasteiger partial charge in [-0.15, -0.1) is 0 Å². The summed E-state index contributed by atoms with van der Waals surface area (Å²) in [5.41, 5.74) is 2.65. The Balaban J connectivity index is 3.76. The van der Waals surface area contributed by atoms with Crippen molar-refractivity contribution in [2.45, 2.75) is 32.1 Å². The Morgan fingerprint density at radius 2 is 1.91 bits per heavy atom. The molecular formula is C7H18N2O2. The van der Waals surface area contributed by atoms with Gasteiger partial charge in [0.25, 0.3) is 0 Å². The van der Waals surface area contributed by atoms with Gasteiger partial charge in [0, 0.05) is 14.2 Å². The van der Waals surface area contributed by atoms with Crippen molar-refractivity contribution in [1.29, 1.82) is 0 Å². The fourth-order valence-electron chi connectivity index (χ4n) is 1.03. The summed E-state index contributed by atoms with van der Waals surface area (Å²) in [6.07, 6.45) is 1.75. The van der Waals surface area contributed by atoms with E-state index in [4.69, 9.17) is 15.3 Å². The van der Waals surface area contributed by atoms with Gasteiger partial charge in [-0.05, 0) is 6.42 Å². The third kappa shape index (κ3) is 3.67. The van der Waals surface area contributed by atoms with E-state index in [2.05, 4.69) is 12.3 Å². The maximum absolute atomic E-state index is 5.30. The lowest BCUT2D eigenvalue weighted by molar-refractivity contribution is -0.124. The topological polar surface area (TPSA) is 56.5 Å². The Morgan fingerprint density at radius 3 is 2.18 bits per heavy atom. The third-order valence-electron chi connectivity index (χ3n) is 1.61. The fourth-order valence-corrected chi connectivity index (χ4v) is 1.03. The van der Waals surface area contributed by atoms with E-state index in [0.29, 0.717) is 0 Å². The second kappa shape index (κ2) is 6.54. The van der Waals surface area contributed by atoms with Gasteiger partial charge in [-0.2, -0.15) is 0 Å².